The Bertz CT molecular complexity index is 1290. The van der Waals surface area contributed by atoms with Crippen LogP contribution in [0.1, 0.15) is 47.9 Å². The number of unbranched alkanes of at least 4 members (excludes halogenated alkanes) is 1. The van der Waals surface area contributed by atoms with E-state index in [4.69, 9.17) is 15.2 Å². The average molecular weight is 619 g/mol. The van der Waals surface area contributed by atoms with Crippen LogP contribution in [0.15, 0.2) is 48.5 Å². The largest absolute Gasteiger partial charge is 0.444 e. The summed E-state index contributed by atoms with van der Waals surface area (Å²) in [6.07, 6.45) is -3.46. The number of fused-ring (bicyclic) bond motifs is 1. The number of hydrogen-bond donors (Lipinski definition) is 1. The Hall–Kier alpha value is -3.64. The van der Waals surface area contributed by atoms with Crippen molar-refractivity contribution in [3.63, 3.8) is 0 Å². The van der Waals surface area contributed by atoms with Crippen molar-refractivity contribution < 1.29 is 37.0 Å². The molecule has 2 saturated heterocycles. The van der Waals surface area contributed by atoms with Crippen molar-refractivity contribution in [2.45, 2.75) is 64.0 Å². The number of benzene rings is 2. The average Bonchev–Trinajstić information content (AvgIpc) is 2.99. The standard InChI is InChI=1S/C32H41F3N4O5/c1-22-15-24(18-26(16-22)32(33,34)35)21-44-31(42)38-19-25(17-23-9-4-3-5-10-23)29(40)39-27(11-6-7-12-36)30(41)37(20-28(38)39)13-8-14-43-2/h3-5,9-10,15-16,18,25,27-28H,6-8,11-14,17,19-21,36H2,1-2H3/t25-,27+,28-/m1/s1. The first-order chi connectivity index (χ1) is 21.0. The molecule has 0 aliphatic carbocycles. The third-order valence-corrected chi connectivity index (χ3v) is 8.11. The van der Waals surface area contributed by atoms with E-state index in [1.54, 1.807) is 23.8 Å². The van der Waals surface area contributed by atoms with Crippen molar-refractivity contribution in [3.05, 3.63) is 70.8 Å². The van der Waals surface area contributed by atoms with E-state index >= 15 is 0 Å². The van der Waals surface area contributed by atoms with Crippen molar-refractivity contribution in [3.8, 4) is 0 Å². The van der Waals surface area contributed by atoms with E-state index in [0.717, 1.165) is 17.7 Å². The van der Waals surface area contributed by atoms with Gasteiger partial charge in [-0.3, -0.25) is 14.5 Å². The molecule has 3 atom stereocenters. The van der Waals surface area contributed by atoms with Crippen molar-refractivity contribution in [2.24, 2.45) is 11.7 Å². The highest BCUT2D eigenvalue weighted by molar-refractivity contribution is 5.91. The summed E-state index contributed by atoms with van der Waals surface area (Å²) in [5.74, 6) is -1.03. The minimum absolute atomic E-state index is 0.0466. The number of rotatable bonds is 12. The molecule has 3 amide bonds. The zero-order valence-corrected chi connectivity index (χ0v) is 25.2. The van der Waals surface area contributed by atoms with Gasteiger partial charge in [0.2, 0.25) is 11.8 Å². The van der Waals surface area contributed by atoms with Crippen LogP contribution < -0.4 is 5.73 Å². The van der Waals surface area contributed by atoms with E-state index in [0.29, 0.717) is 57.4 Å². The molecule has 0 unspecified atom stereocenters. The molecule has 44 heavy (non-hydrogen) atoms. The van der Waals surface area contributed by atoms with E-state index < -0.39 is 36.0 Å². The summed E-state index contributed by atoms with van der Waals surface area (Å²) in [5, 5.41) is 0. The molecule has 2 fully saturated rings. The van der Waals surface area contributed by atoms with Gasteiger partial charge in [-0.25, -0.2) is 4.79 Å². The summed E-state index contributed by atoms with van der Waals surface area (Å²) in [7, 11) is 1.58. The number of aryl methyl sites for hydroxylation is 1. The maximum atomic E-state index is 14.1. The van der Waals surface area contributed by atoms with Crippen LogP contribution in [0, 0.1) is 12.8 Å². The molecule has 240 valence electrons. The number of piperazine rings is 1. The fraction of sp³-hybridized carbons (Fsp3) is 0.531. The van der Waals surface area contributed by atoms with Crippen LogP contribution in [0.2, 0.25) is 0 Å². The highest BCUT2D eigenvalue weighted by atomic mass is 19.4. The van der Waals surface area contributed by atoms with Crippen LogP contribution in [-0.2, 0) is 38.3 Å². The first-order valence-corrected chi connectivity index (χ1v) is 15.0. The number of nitrogens with two attached hydrogens (primary N) is 1. The second kappa shape index (κ2) is 14.9. The molecule has 2 heterocycles. The zero-order chi connectivity index (χ0) is 31.9. The number of ether oxygens (including phenoxy) is 2. The van der Waals surface area contributed by atoms with Gasteiger partial charge >= 0.3 is 12.3 Å². The van der Waals surface area contributed by atoms with Crippen LogP contribution in [0.5, 0.6) is 0 Å². The molecule has 2 N–H and O–H groups in total. The number of carbonyl (C=O) groups is 3. The predicted octanol–water partition coefficient (Wildman–Crippen LogP) is 4.36. The summed E-state index contributed by atoms with van der Waals surface area (Å²) >= 11 is 0. The second-order valence-corrected chi connectivity index (χ2v) is 11.5. The molecule has 2 aliphatic rings. The lowest BCUT2D eigenvalue weighted by Gasteiger charge is -2.53. The molecule has 9 nitrogen and oxygen atoms in total. The molecule has 2 aliphatic heterocycles. The minimum atomic E-state index is -4.54. The van der Waals surface area contributed by atoms with Gasteiger partial charge in [-0.05, 0) is 68.8 Å². The smallest absolute Gasteiger partial charge is 0.416 e. The van der Waals surface area contributed by atoms with Gasteiger partial charge in [-0.15, -0.1) is 0 Å². The van der Waals surface area contributed by atoms with Crippen molar-refractivity contribution >= 4 is 17.9 Å². The maximum Gasteiger partial charge on any atom is 0.416 e. The van der Waals surface area contributed by atoms with E-state index in [1.807, 2.05) is 30.3 Å². The van der Waals surface area contributed by atoms with Gasteiger partial charge in [-0.2, -0.15) is 13.2 Å². The first kappa shape index (κ1) is 33.3. The van der Waals surface area contributed by atoms with Gasteiger partial charge in [0.05, 0.1) is 18.0 Å². The van der Waals surface area contributed by atoms with Crippen molar-refractivity contribution in [1.82, 2.24) is 14.7 Å². The monoisotopic (exact) mass is 618 g/mol. The lowest BCUT2D eigenvalue weighted by molar-refractivity contribution is -0.173. The van der Waals surface area contributed by atoms with Gasteiger partial charge < -0.3 is 25.0 Å². The summed E-state index contributed by atoms with van der Waals surface area (Å²) in [6.45, 7) is 2.59. The van der Waals surface area contributed by atoms with Crippen LogP contribution in [0.25, 0.3) is 0 Å². The number of methoxy groups -OCH3 is 1. The number of hydrogen-bond acceptors (Lipinski definition) is 6. The van der Waals surface area contributed by atoms with Gasteiger partial charge in [0.25, 0.3) is 0 Å². The lowest BCUT2D eigenvalue weighted by atomic mass is 9.90. The van der Waals surface area contributed by atoms with E-state index in [2.05, 4.69) is 0 Å². The van der Waals surface area contributed by atoms with Crippen molar-refractivity contribution in [1.29, 1.82) is 0 Å². The number of halogens is 3. The Morgan fingerprint density at radius 3 is 2.43 bits per heavy atom. The van der Waals surface area contributed by atoms with E-state index in [-0.39, 0.29) is 37.1 Å². The Kier molecular flexibility index (Phi) is 11.3. The summed E-state index contributed by atoms with van der Waals surface area (Å²) in [6, 6.07) is 12.2. The number of nitrogens with zero attached hydrogens (tertiary/aromatic N) is 3. The van der Waals surface area contributed by atoms with Crippen LogP contribution in [0.4, 0.5) is 18.0 Å². The zero-order valence-electron chi connectivity index (χ0n) is 25.2. The number of alkyl halides is 3. The van der Waals surface area contributed by atoms with Gasteiger partial charge in [-0.1, -0.05) is 42.0 Å². The predicted molar refractivity (Wildman–Crippen MR) is 157 cm³/mol. The van der Waals surface area contributed by atoms with Gasteiger partial charge in [0.15, 0.2) is 0 Å². The molecule has 4 rings (SSSR count). The molecule has 12 heteroatoms. The molecule has 0 saturated carbocycles. The Labute approximate surface area is 256 Å². The van der Waals surface area contributed by atoms with Gasteiger partial charge in [0.1, 0.15) is 18.8 Å². The fourth-order valence-electron chi connectivity index (χ4n) is 6.04. The topological polar surface area (TPSA) is 105 Å². The summed E-state index contributed by atoms with van der Waals surface area (Å²) in [4.78, 5) is 46.2. The SMILES string of the molecule is COCCCN1C[C@@H]2N(C(=O)OCc3cc(C)cc(C(F)(F)F)c3)C[C@@H](Cc3ccccc3)C(=O)N2[C@@H](CCCCN)C1=O. The molecule has 0 aromatic heterocycles. The van der Waals surface area contributed by atoms with E-state index in [1.165, 1.54) is 11.0 Å². The quantitative estimate of drug-likeness (QED) is 0.355. The Morgan fingerprint density at radius 1 is 1.00 bits per heavy atom. The van der Waals surface area contributed by atoms with Crippen LogP contribution in [-0.4, -0.2) is 84.7 Å². The number of amides is 3. The summed E-state index contributed by atoms with van der Waals surface area (Å²) in [5.41, 5.74) is 6.40. The van der Waals surface area contributed by atoms with Crippen molar-refractivity contribution in [2.75, 3.05) is 39.9 Å². The molecule has 0 bridgehead atoms. The maximum absolute atomic E-state index is 14.1. The molecular formula is C32H41F3N4O5. The molecule has 0 spiro atoms. The molecule has 2 aromatic rings. The molecule has 0 radical (unpaired) electrons. The molecular weight excluding hydrogens is 577 g/mol. The van der Waals surface area contributed by atoms with Crippen LogP contribution >= 0.6 is 0 Å². The lowest BCUT2D eigenvalue weighted by Crippen LogP contribution is -2.73. The minimum Gasteiger partial charge on any atom is -0.444 e. The van der Waals surface area contributed by atoms with Crippen LogP contribution in [0.3, 0.4) is 0 Å². The first-order valence-electron chi connectivity index (χ1n) is 15.0. The number of carbonyl (C=O) groups excluding carboxylic acids is 3. The second-order valence-electron chi connectivity index (χ2n) is 11.5. The summed E-state index contributed by atoms with van der Waals surface area (Å²) < 4.78 is 51.0. The Morgan fingerprint density at radius 2 is 1.75 bits per heavy atom. The van der Waals surface area contributed by atoms with E-state index in [9.17, 15) is 27.6 Å². The third kappa shape index (κ3) is 8.09. The normalized spacial score (nSPS) is 20.6. The third-order valence-electron chi connectivity index (χ3n) is 8.11. The fourth-order valence-corrected chi connectivity index (χ4v) is 6.04. The highest BCUT2D eigenvalue weighted by Gasteiger charge is 2.51. The molecule has 2 aromatic carbocycles. The highest BCUT2D eigenvalue weighted by Crippen LogP contribution is 2.33. The Balaban J connectivity index is 1.63. The van der Waals surface area contributed by atoms with Gasteiger partial charge in [0, 0.05) is 26.8 Å².